The fourth-order valence-corrected chi connectivity index (χ4v) is 4.26. The topological polar surface area (TPSA) is 52.6 Å². The molecule has 2 bridgehead atoms. The Morgan fingerprint density at radius 2 is 1.26 bits per heavy atom. The van der Waals surface area contributed by atoms with E-state index in [-0.39, 0.29) is 18.6 Å². The summed E-state index contributed by atoms with van der Waals surface area (Å²) in [5, 5.41) is 0. The Kier molecular flexibility index (Phi) is 4.97. The van der Waals surface area contributed by atoms with Crippen LogP contribution in [0.1, 0.15) is 36.8 Å². The predicted octanol–water partition coefficient (Wildman–Crippen LogP) is 4.28. The molecule has 27 heavy (non-hydrogen) atoms. The average molecular weight is 364 g/mol. The maximum absolute atomic E-state index is 12.7. The van der Waals surface area contributed by atoms with Gasteiger partial charge in [-0.1, -0.05) is 60.7 Å². The molecule has 0 N–H and O–H groups in total. The van der Waals surface area contributed by atoms with Crippen molar-refractivity contribution in [2.24, 2.45) is 17.3 Å². The summed E-state index contributed by atoms with van der Waals surface area (Å²) in [6, 6.07) is 19.0. The number of hydrogen-bond acceptors (Lipinski definition) is 4. The van der Waals surface area contributed by atoms with E-state index in [1.165, 1.54) is 0 Å². The summed E-state index contributed by atoms with van der Waals surface area (Å²) in [6.45, 7) is 0.357. The lowest BCUT2D eigenvalue weighted by molar-refractivity contribution is -0.175. The fraction of sp³-hybridized carbons (Fsp3) is 0.391. The summed E-state index contributed by atoms with van der Waals surface area (Å²) >= 11 is 0. The highest BCUT2D eigenvalue weighted by Crippen LogP contribution is 2.67. The van der Waals surface area contributed by atoms with E-state index in [2.05, 4.69) is 0 Å². The number of hydrogen-bond donors (Lipinski definition) is 0. The second kappa shape index (κ2) is 7.55. The second-order valence-electron chi connectivity index (χ2n) is 7.92. The molecule has 0 aliphatic heterocycles. The average Bonchev–Trinajstić information content (AvgIpc) is 2.64. The summed E-state index contributed by atoms with van der Waals surface area (Å²) in [7, 11) is 0. The van der Waals surface area contributed by atoms with Crippen molar-refractivity contribution in [3.63, 3.8) is 0 Å². The molecule has 0 saturated heterocycles. The van der Waals surface area contributed by atoms with E-state index < -0.39 is 17.9 Å². The zero-order valence-electron chi connectivity index (χ0n) is 15.3. The Labute approximate surface area is 159 Å². The largest absolute Gasteiger partial charge is 0.460 e. The molecule has 0 heterocycles. The van der Waals surface area contributed by atoms with Crippen LogP contribution in [0.2, 0.25) is 0 Å². The number of benzene rings is 2. The Balaban J connectivity index is 1.38. The van der Waals surface area contributed by atoms with Crippen molar-refractivity contribution in [1.82, 2.24) is 0 Å². The smallest absolute Gasteiger partial charge is 0.320 e. The SMILES string of the molecule is O=C(OCc1ccccc1)C(CC12CC(C1)C2)C(=O)OCc1ccccc1. The highest BCUT2D eigenvalue weighted by molar-refractivity contribution is 5.95. The molecule has 0 radical (unpaired) electrons. The van der Waals surface area contributed by atoms with Gasteiger partial charge in [0.15, 0.2) is 5.92 Å². The zero-order chi connectivity index (χ0) is 18.7. The quantitative estimate of drug-likeness (QED) is 0.518. The zero-order valence-corrected chi connectivity index (χ0v) is 15.3. The molecular weight excluding hydrogens is 340 g/mol. The van der Waals surface area contributed by atoms with Gasteiger partial charge in [0.1, 0.15) is 13.2 Å². The van der Waals surface area contributed by atoms with Gasteiger partial charge in [-0.2, -0.15) is 0 Å². The summed E-state index contributed by atoms with van der Waals surface area (Å²) in [5.74, 6) is -0.978. The van der Waals surface area contributed by atoms with Gasteiger partial charge in [0.25, 0.3) is 0 Å². The molecule has 5 rings (SSSR count). The van der Waals surface area contributed by atoms with Gasteiger partial charge in [-0.25, -0.2) is 0 Å². The van der Waals surface area contributed by atoms with Crippen molar-refractivity contribution in [1.29, 1.82) is 0 Å². The van der Waals surface area contributed by atoms with Crippen molar-refractivity contribution in [3.05, 3.63) is 71.8 Å². The van der Waals surface area contributed by atoms with Gasteiger partial charge < -0.3 is 9.47 Å². The van der Waals surface area contributed by atoms with Crippen LogP contribution in [0.4, 0.5) is 0 Å². The Morgan fingerprint density at radius 3 is 1.63 bits per heavy atom. The Morgan fingerprint density at radius 1 is 0.815 bits per heavy atom. The van der Waals surface area contributed by atoms with E-state index in [0.717, 1.165) is 36.3 Å². The second-order valence-corrected chi connectivity index (χ2v) is 7.92. The van der Waals surface area contributed by atoms with Crippen LogP contribution < -0.4 is 0 Å². The summed E-state index contributed by atoms with van der Waals surface area (Å²) in [5.41, 5.74) is 1.98. The highest BCUT2D eigenvalue weighted by Gasteiger charge is 2.58. The third kappa shape index (κ3) is 4.05. The first kappa shape index (κ1) is 17.8. The lowest BCUT2D eigenvalue weighted by Crippen LogP contribution is -2.53. The summed E-state index contributed by atoms with van der Waals surface area (Å²) in [6.07, 6.45) is 3.93. The van der Waals surface area contributed by atoms with Gasteiger partial charge >= 0.3 is 11.9 Å². The third-order valence-corrected chi connectivity index (χ3v) is 5.82. The summed E-state index contributed by atoms with van der Waals surface area (Å²) in [4.78, 5) is 25.4. The van der Waals surface area contributed by atoms with E-state index in [9.17, 15) is 9.59 Å². The van der Waals surface area contributed by atoms with Crippen LogP contribution in [0, 0.1) is 17.3 Å². The molecule has 140 valence electrons. The first-order valence-electron chi connectivity index (χ1n) is 9.55. The fourth-order valence-electron chi connectivity index (χ4n) is 4.26. The minimum Gasteiger partial charge on any atom is -0.460 e. The van der Waals surface area contributed by atoms with Crippen molar-refractivity contribution in [3.8, 4) is 0 Å². The van der Waals surface area contributed by atoms with E-state index in [0.29, 0.717) is 6.42 Å². The van der Waals surface area contributed by atoms with E-state index in [4.69, 9.17) is 9.47 Å². The normalized spacial score (nSPS) is 22.5. The van der Waals surface area contributed by atoms with E-state index in [1.807, 2.05) is 60.7 Å². The van der Waals surface area contributed by atoms with Crippen molar-refractivity contribution >= 4 is 11.9 Å². The molecule has 4 nitrogen and oxygen atoms in total. The molecule has 4 heteroatoms. The van der Waals surface area contributed by atoms with Crippen LogP contribution in [-0.4, -0.2) is 11.9 Å². The molecule has 2 aromatic rings. The van der Waals surface area contributed by atoms with Crippen molar-refractivity contribution < 1.29 is 19.1 Å². The monoisotopic (exact) mass is 364 g/mol. The minimum absolute atomic E-state index is 0.160. The number of ether oxygens (including phenoxy) is 2. The van der Waals surface area contributed by atoms with Gasteiger partial charge in [-0.15, -0.1) is 0 Å². The molecule has 3 aliphatic rings. The van der Waals surface area contributed by atoms with E-state index in [1.54, 1.807) is 0 Å². The lowest BCUT2D eigenvalue weighted by Gasteiger charge is -2.62. The molecule has 3 aliphatic carbocycles. The summed E-state index contributed by atoms with van der Waals surface area (Å²) < 4.78 is 10.9. The van der Waals surface area contributed by atoms with Crippen LogP contribution >= 0.6 is 0 Å². The molecule has 3 fully saturated rings. The Bertz CT molecular complexity index is 727. The number of carbonyl (C=O) groups is 2. The van der Waals surface area contributed by atoms with Crippen LogP contribution in [0.15, 0.2) is 60.7 Å². The molecular formula is C23H24O4. The van der Waals surface area contributed by atoms with Gasteiger partial charge in [-0.05, 0) is 48.1 Å². The molecule has 0 unspecified atom stereocenters. The standard InChI is InChI=1S/C23H24O4/c24-21(26-15-17-7-3-1-4-8-17)20(14-23-11-19(12-23)13-23)22(25)27-16-18-9-5-2-6-10-18/h1-10,19-20H,11-16H2. The maximum atomic E-state index is 12.7. The van der Waals surface area contributed by atoms with Crippen LogP contribution in [0.5, 0.6) is 0 Å². The van der Waals surface area contributed by atoms with Crippen molar-refractivity contribution in [2.75, 3.05) is 0 Å². The molecule has 0 aromatic heterocycles. The van der Waals surface area contributed by atoms with E-state index >= 15 is 0 Å². The predicted molar refractivity (Wildman–Crippen MR) is 100 cm³/mol. The Hall–Kier alpha value is -2.62. The van der Waals surface area contributed by atoms with Gasteiger partial charge in [-0.3, -0.25) is 9.59 Å². The number of carbonyl (C=O) groups excluding carboxylic acids is 2. The van der Waals surface area contributed by atoms with Crippen LogP contribution in [-0.2, 0) is 32.3 Å². The molecule has 0 atom stereocenters. The highest BCUT2D eigenvalue weighted by atomic mass is 16.6. The third-order valence-electron chi connectivity index (χ3n) is 5.82. The van der Waals surface area contributed by atoms with Crippen molar-refractivity contribution in [2.45, 2.75) is 38.9 Å². The molecule has 0 amide bonds. The molecule has 2 aromatic carbocycles. The van der Waals surface area contributed by atoms with Gasteiger partial charge in [0.2, 0.25) is 0 Å². The van der Waals surface area contributed by atoms with Crippen LogP contribution in [0.3, 0.4) is 0 Å². The number of esters is 2. The van der Waals surface area contributed by atoms with Gasteiger partial charge in [0, 0.05) is 0 Å². The first-order chi connectivity index (χ1) is 13.1. The minimum atomic E-state index is -0.835. The molecule has 0 spiro atoms. The van der Waals surface area contributed by atoms with Gasteiger partial charge in [0.05, 0.1) is 0 Å². The maximum Gasteiger partial charge on any atom is 0.320 e. The molecule has 3 saturated carbocycles. The lowest BCUT2D eigenvalue weighted by atomic mass is 9.42. The number of rotatable bonds is 8. The van der Waals surface area contributed by atoms with Crippen LogP contribution in [0.25, 0.3) is 0 Å². The first-order valence-corrected chi connectivity index (χ1v) is 9.55.